The highest BCUT2D eigenvalue weighted by molar-refractivity contribution is 7.13. The van der Waals surface area contributed by atoms with E-state index in [1.807, 2.05) is 13.8 Å². The Hall–Kier alpha value is -1.89. The first-order valence-electron chi connectivity index (χ1n) is 5.08. The number of nitrogens with two attached hydrogens (primary N) is 1. The number of aromatic nitrogens is 3. The van der Waals surface area contributed by atoms with Crippen LogP contribution in [0.4, 0.5) is 5.82 Å². The Balaban J connectivity index is 2.03. The number of nitrogens with zero attached hydrogens (tertiary/aromatic N) is 2. The third kappa shape index (κ3) is 2.44. The van der Waals surface area contributed by atoms with Crippen molar-refractivity contribution in [2.75, 3.05) is 5.73 Å². The average Bonchev–Trinajstić information content (AvgIpc) is 2.81. The quantitative estimate of drug-likeness (QED) is 0.758. The largest absolute Gasteiger partial charge is 0.384 e. The van der Waals surface area contributed by atoms with Crippen LogP contribution in [0.15, 0.2) is 6.20 Å². The molecule has 0 bridgehead atoms. The summed E-state index contributed by atoms with van der Waals surface area (Å²) in [5.74, 6) is 0.344. The van der Waals surface area contributed by atoms with Gasteiger partial charge in [-0.25, -0.2) is 4.98 Å². The number of aryl methyl sites for hydroxylation is 2. The van der Waals surface area contributed by atoms with Gasteiger partial charge in [0.1, 0.15) is 10.7 Å². The maximum atomic E-state index is 11.9. The molecule has 0 atom stereocenters. The number of hydrogen-bond donors (Lipinski definition) is 3. The van der Waals surface area contributed by atoms with Crippen LogP contribution >= 0.6 is 11.3 Å². The van der Waals surface area contributed by atoms with Gasteiger partial charge in [0.05, 0.1) is 16.9 Å². The molecule has 0 aliphatic carbocycles. The molecule has 0 radical (unpaired) electrons. The van der Waals surface area contributed by atoms with Crippen molar-refractivity contribution in [1.29, 1.82) is 0 Å². The lowest BCUT2D eigenvalue weighted by atomic mass is 10.3. The standard InChI is InChI=1S/C10H13N5OS/c1-5-8(17-6(2)14-5)10(16)12-3-7-4-13-15-9(7)11/h4H,3H2,1-2H3,(H,12,16)(H3,11,13,15). The van der Waals surface area contributed by atoms with Gasteiger partial charge >= 0.3 is 0 Å². The Morgan fingerprint density at radius 2 is 2.35 bits per heavy atom. The average molecular weight is 251 g/mol. The van der Waals surface area contributed by atoms with Crippen molar-refractivity contribution in [2.45, 2.75) is 20.4 Å². The van der Waals surface area contributed by atoms with E-state index in [4.69, 9.17) is 5.73 Å². The van der Waals surface area contributed by atoms with Crippen LogP contribution in [-0.2, 0) is 6.54 Å². The van der Waals surface area contributed by atoms with E-state index in [2.05, 4.69) is 20.5 Å². The van der Waals surface area contributed by atoms with E-state index < -0.39 is 0 Å². The van der Waals surface area contributed by atoms with Gasteiger partial charge in [0.2, 0.25) is 0 Å². The van der Waals surface area contributed by atoms with Crippen molar-refractivity contribution in [3.05, 3.63) is 27.3 Å². The molecule has 0 saturated carbocycles. The van der Waals surface area contributed by atoms with Gasteiger partial charge in [0, 0.05) is 12.1 Å². The number of anilines is 1. The molecule has 2 heterocycles. The lowest BCUT2D eigenvalue weighted by molar-refractivity contribution is 0.0954. The highest BCUT2D eigenvalue weighted by Gasteiger charge is 2.13. The second kappa shape index (κ2) is 4.54. The summed E-state index contributed by atoms with van der Waals surface area (Å²) in [6, 6.07) is 0. The number of thiazole rings is 1. The molecule has 17 heavy (non-hydrogen) atoms. The smallest absolute Gasteiger partial charge is 0.263 e. The molecule has 0 unspecified atom stereocenters. The van der Waals surface area contributed by atoms with Crippen molar-refractivity contribution in [2.24, 2.45) is 0 Å². The number of nitrogen functional groups attached to an aromatic ring is 1. The number of H-pyrrole nitrogens is 1. The monoisotopic (exact) mass is 251 g/mol. The fourth-order valence-electron chi connectivity index (χ4n) is 1.46. The Morgan fingerprint density at radius 3 is 2.88 bits per heavy atom. The molecule has 2 aromatic heterocycles. The zero-order valence-electron chi connectivity index (χ0n) is 9.57. The maximum Gasteiger partial charge on any atom is 0.263 e. The highest BCUT2D eigenvalue weighted by atomic mass is 32.1. The molecule has 7 heteroatoms. The molecule has 0 fully saturated rings. The molecular weight excluding hydrogens is 238 g/mol. The lowest BCUT2D eigenvalue weighted by Gasteiger charge is -2.02. The molecule has 1 amide bonds. The van der Waals surface area contributed by atoms with Crippen LogP contribution in [0, 0.1) is 13.8 Å². The first-order valence-corrected chi connectivity index (χ1v) is 5.89. The number of carbonyl (C=O) groups is 1. The van der Waals surface area contributed by atoms with Crippen molar-refractivity contribution in [3.63, 3.8) is 0 Å². The minimum atomic E-state index is -0.131. The van der Waals surface area contributed by atoms with E-state index in [0.717, 1.165) is 16.3 Å². The Bertz CT molecular complexity index is 545. The number of amides is 1. The molecule has 6 nitrogen and oxygen atoms in total. The molecule has 2 aromatic rings. The Morgan fingerprint density at radius 1 is 1.59 bits per heavy atom. The summed E-state index contributed by atoms with van der Waals surface area (Å²) in [7, 11) is 0. The predicted molar refractivity (Wildman–Crippen MR) is 65.8 cm³/mol. The van der Waals surface area contributed by atoms with Crippen LogP contribution in [0.2, 0.25) is 0 Å². The van der Waals surface area contributed by atoms with E-state index in [1.165, 1.54) is 11.3 Å². The number of rotatable bonds is 3. The molecule has 2 rings (SSSR count). The third-order valence-corrected chi connectivity index (χ3v) is 3.37. The van der Waals surface area contributed by atoms with Gasteiger partial charge in [-0.3, -0.25) is 9.89 Å². The summed E-state index contributed by atoms with van der Waals surface area (Å²) in [4.78, 5) is 16.7. The predicted octanol–water partition coefficient (Wildman–Crippen LogP) is 0.995. The van der Waals surface area contributed by atoms with Crippen LogP contribution in [0.3, 0.4) is 0 Å². The minimum Gasteiger partial charge on any atom is -0.384 e. The summed E-state index contributed by atoms with van der Waals surface area (Å²) in [6.45, 7) is 4.06. The molecule has 4 N–H and O–H groups in total. The van der Waals surface area contributed by atoms with Gasteiger partial charge in [-0.1, -0.05) is 0 Å². The summed E-state index contributed by atoms with van der Waals surface area (Å²) < 4.78 is 0. The zero-order valence-corrected chi connectivity index (χ0v) is 10.4. The Labute approximate surface area is 102 Å². The second-order valence-corrected chi connectivity index (χ2v) is 4.84. The van der Waals surface area contributed by atoms with Crippen LogP contribution in [0.5, 0.6) is 0 Å². The van der Waals surface area contributed by atoms with Gasteiger partial charge in [-0.05, 0) is 13.8 Å². The first kappa shape index (κ1) is 11.6. The van der Waals surface area contributed by atoms with Gasteiger partial charge in [-0.15, -0.1) is 11.3 Å². The molecule has 0 aliphatic heterocycles. The van der Waals surface area contributed by atoms with E-state index >= 15 is 0 Å². The van der Waals surface area contributed by atoms with Crippen LogP contribution < -0.4 is 11.1 Å². The lowest BCUT2D eigenvalue weighted by Crippen LogP contribution is -2.22. The van der Waals surface area contributed by atoms with Gasteiger partial charge in [0.25, 0.3) is 5.91 Å². The van der Waals surface area contributed by atoms with Gasteiger partial charge in [0.15, 0.2) is 0 Å². The number of nitrogens with one attached hydrogen (secondary N) is 2. The van der Waals surface area contributed by atoms with Gasteiger partial charge < -0.3 is 11.1 Å². The summed E-state index contributed by atoms with van der Waals surface area (Å²) in [5.41, 5.74) is 7.15. The summed E-state index contributed by atoms with van der Waals surface area (Å²) in [5, 5.41) is 10.1. The molecule has 0 saturated heterocycles. The fourth-order valence-corrected chi connectivity index (χ4v) is 2.30. The summed E-state index contributed by atoms with van der Waals surface area (Å²) >= 11 is 1.39. The van der Waals surface area contributed by atoms with Crippen LogP contribution in [0.1, 0.15) is 25.9 Å². The van der Waals surface area contributed by atoms with Crippen LogP contribution in [-0.4, -0.2) is 21.1 Å². The van der Waals surface area contributed by atoms with Crippen LogP contribution in [0.25, 0.3) is 0 Å². The van der Waals surface area contributed by atoms with Crippen molar-refractivity contribution in [3.8, 4) is 0 Å². The van der Waals surface area contributed by atoms with Crippen molar-refractivity contribution < 1.29 is 4.79 Å². The summed E-state index contributed by atoms with van der Waals surface area (Å²) in [6.07, 6.45) is 1.60. The Kier molecular flexibility index (Phi) is 3.10. The van der Waals surface area contributed by atoms with Gasteiger partial charge in [-0.2, -0.15) is 5.10 Å². The highest BCUT2D eigenvalue weighted by Crippen LogP contribution is 2.17. The van der Waals surface area contributed by atoms with Crippen molar-refractivity contribution in [1.82, 2.24) is 20.5 Å². The zero-order chi connectivity index (χ0) is 12.4. The third-order valence-electron chi connectivity index (χ3n) is 2.30. The maximum absolute atomic E-state index is 11.9. The van der Waals surface area contributed by atoms with E-state index in [9.17, 15) is 4.79 Å². The van der Waals surface area contributed by atoms with Crippen molar-refractivity contribution >= 4 is 23.1 Å². The fraction of sp³-hybridized carbons (Fsp3) is 0.300. The SMILES string of the molecule is Cc1nc(C)c(C(=O)NCc2cn[nH]c2N)s1. The van der Waals surface area contributed by atoms with E-state index in [1.54, 1.807) is 6.20 Å². The number of aromatic amines is 1. The second-order valence-electron chi connectivity index (χ2n) is 3.64. The molecule has 0 aliphatic rings. The van der Waals surface area contributed by atoms with E-state index in [0.29, 0.717) is 17.2 Å². The topological polar surface area (TPSA) is 96.7 Å². The van der Waals surface area contributed by atoms with E-state index in [-0.39, 0.29) is 5.91 Å². The number of hydrogen-bond acceptors (Lipinski definition) is 5. The molecule has 0 spiro atoms. The first-order chi connectivity index (χ1) is 8.08. The normalized spacial score (nSPS) is 10.5. The molecular formula is C10H13N5OS. The minimum absolute atomic E-state index is 0.131. The number of carbonyl (C=O) groups excluding carboxylic acids is 1. The molecule has 0 aromatic carbocycles. The molecule has 90 valence electrons.